The van der Waals surface area contributed by atoms with Crippen LogP contribution in [0.2, 0.25) is 0 Å². The smallest absolute Gasteiger partial charge is 0.304 e. The molecule has 3 rings (SSSR count). The van der Waals surface area contributed by atoms with E-state index in [0.29, 0.717) is 13.2 Å². The van der Waals surface area contributed by atoms with Crippen molar-refractivity contribution in [2.75, 3.05) is 13.2 Å². The van der Waals surface area contributed by atoms with Gasteiger partial charge in [-0.25, -0.2) is 0 Å². The van der Waals surface area contributed by atoms with Gasteiger partial charge in [-0.15, -0.1) is 0 Å². The Morgan fingerprint density at radius 2 is 2.00 bits per heavy atom. The summed E-state index contributed by atoms with van der Waals surface area (Å²) in [6.45, 7) is 3.16. The summed E-state index contributed by atoms with van der Waals surface area (Å²) in [5, 5.41) is 9.15. The van der Waals surface area contributed by atoms with E-state index in [1.807, 2.05) is 6.07 Å². The minimum absolute atomic E-state index is 0.187. The summed E-state index contributed by atoms with van der Waals surface area (Å²) in [6, 6.07) is 2.03. The first-order valence-electron chi connectivity index (χ1n) is 6.90. The molecule has 0 unspecified atom stereocenters. The Bertz CT molecular complexity index is 563. The van der Waals surface area contributed by atoms with Crippen molar-refractivity contribution in [3.8, 4) is 11.5 Å². The Hall–Kier alpha value is -1.23. The number of benzene rings is 1. The molecule has 1 N–H and O–H groups in total. The average Bonchev–Trinajstić information content (AvgIpc) is 3.18. The molecule has 0 bridgehead atoms. The van der Waals surface area contributed by atoms with Gasteiger partial charge in [-0.3, -0.25) is 4.79 Å². The second kappa shape index (κ2) is 4.95. The monoisotopic (exact) mass is 340 g/mol. The lowest BCUT2D eigenvalue weighted by Crippen LogP contribution is -2.21. The molecular formula is C15H17BrO4. The van der Waals surface area contributed by atoms with Crippen LogP contribution in [-0.2, 0) is 16.6 Å². The van der Waals surface area contributed by atoms with Crippen LogP contribution in [-0.4, -0.2) is 24.3 Å². The Morgan fingerprint density at radius 3 is 2.55 bits per heavy atom. The van der Waals surface area contributed by atoms with Crippen LogP contribution in [0.25, 0.3) is 0 Å². The highest BCUT2D eigenvalue weighted by Crippen LogP contribution is 2.56. The largest absolute Gasteiger partial charge is 0.486 e. The van der Waals surface area contributed by atoms with E-state index in [0.717, 1.165) is 46.4 Å². The summed E-state index contributed by atoms with van der Waals surface area (Å²) in [6.07, 6.45) is 2.86. The molecule has 0 atom stereocenters. The van der Waals surface area contributed by atoms with Crippen molar-refractivity contribution < 1.29 is 19.4 Å². The summed E-state index contributed by atoms with van der Waals surface area (Å²) in [5.41, 5.74) is 2.00. The van der Waals surface area contributed by atoms with Gasteiger partial charge in [-0.2, -0.15) is 0 Å². The lowest BCUT2D eigenvalue weighted by Gasteiger charge is -2.26. The number of carboxylic acids is 1. The molecule has 0 radical (unpaired) electrons. The van der Waals surface area contributed by atoms with Crippen molar-refractivity contribution in [2.45, 2.75) is 38.0 Å². The van der Waals surface area contributed by atoms with Crippen LogP contribution in [0.4, 0.5) is 0 Å². The maximum Gasteiger partial charge on any atom is 0.304 e. The van der Waals surface area contributed by atoms with Gasteiger partial charge in [0, 0.05) is 11.0 Å². The van der Waals surface area contributed by atoms with Crippen LogP contribution >= 0.6 is 15.9 Å². The molecule has 108 valence electrons. The molecule has 0 aromatic heterocycles. The quantitative estimate of drug-likeness (QED) is 0.913. The molecule has 1 aromatic carbocycles. The van der Waals surface area contributed by atoms with Crippen LogP contribution in [0, 0.1) is 0 Å². The molecule has 1 aromatic rings. The molecule has 1 heterocycles. The summed E-state index contributed by atoms with van der Waals surface area (Å²) in [5.74, 6) is 0.804. The van der Waals surface area contributed by atoms with Gasteiger partial charge in [0.25, 0.3) is 0 Å². The van der Waals surface area contributed by atoms with E-state index in [9.17, 15) is 4.79 Å². The maximum atomic E-state index is 11.1. The number of aliphatic carboxylic acids is 1. The van der Waals surface area contributed by atoms with Crippen LogP contribution in [0.3, 0.4) is 0 Å². The van der Waals surface area contributed by atoms with Gasteiger partial charge in [0.1, 0.15) is 13.2 Å². The van der Waals surface area contributed by atoms with E-state index in [-0.39, 0.29) is 11.8 Å². The zero-order valence-corrected chi connectivity index (χ0v) is 13.0. The van der Waals surface area contributed by atoms with Crippen LogP contribution in [0.1, 0.15) is 37.3 Å². The van der Waals surface area contributed by atoms with Gasteiger partial charge in [0.2, 0.25) is 0 Å². The molecular weight excluding hydrogens is 324 g/mol. The number of carbonyl (C=O) groups is 1. The third kappa shape index (κ3) is 2.18. The minimum atomic E-state index is -0.740. The Morgan fingerprint density at radius 1 is 1.35 bits per heavy atom. The molecule has 0 spiro atoms. The molecule has 5 heteroatoms. The Labute approximate surface area is 126 Å². The zero-order chi connectivity index (χ0) is 14.3. The van der Waals surface area contributed by atoms with Crippen molar-refractivity contribution in [2.24, 2.45) is 0 Å². The maximum absolute atomic E-state index is 11.1. The predicted molar refractivity (Wildman–Crippen MR) is 77.7 cm³/mol. The van der Waals surface area contributed by atoms with Gasteiger partial charge in [-0.1, -0.05) is 6.92 Å². The normalized spacial score (nSPS) is 18.7. The molecule has 1 saturated carbocycles. The van der Waals surface area contributed by atoms with Gasteiger partial charge in [0.05, 0.1) is 10.9 Å². The fourth-order valence-electron chi connectivity index (χ4n) is 3.03. The van der Waals surface area contributed by atoms with E-state index in [1.54, 1.807) is 0 Å². The van der Waals surface area contributed by atoms with E-state index in [1.165, 1.54) is 0 Å². The van der Waals surface area contributed by atoms with Crippen molar-refractivity contribution in [3.05, 3.63) is 21.7 Å². The molecule has 0 saturated heterocycles. The summed E-state index contributed by atoms with van der Waals surface area (Å²) < 4.78 is 12.3. The van der Waals surface area contributed by atoms with Crippen LogP contribution in [0.15, 0.2) is 10.5 Å². The summed E-state index contributed by atoms with van der Waals surface area (Å²) in [7, 11) is 0. The second-order valence-corrected chi connectivity index (χ2v) is 6.30. The van der Waals surface area contributed by atoms with E-state index in [2.05, 4.69) is 22.9 Å². The van der Waals surface area contributed by atoms with Gasteiger partial charge in [-0.05, 0) is 46.8 Å². The minimum Gasteiger partial charge on any atom is -0.486 e. The predicted octanol–water partition coefficient (Wildman–Crippen LogP) is 3.29. The van der Waals surface area contributed by atoms with Crippen molar-refractivity contribution in [1.82, 2.24) is 0 Å². The molecule has 2 aliphatic rings. The summed E-state index contributed by atoms with van der Waals surface area (Å²) in [4.78, 5) is 11.1. The Kier molecular flexibility index (Phi) is 3.40. The van der Waals surface area contributed by atoms with Crippen molar-refractivity contribution >= 4 is 21.9 Å². The SMILES string of the molecule is CCc1c(C2(CC(=O)O)CC2)cc(Br)c2c1OCCO2. The summed E-state index contributed by atoms with van der Waals surface area (Å²) >= 11 is 3.53. The first-order chi connectivity index (χ1) is 9.57. The number of fused-ring (bicyclic) bond motifs is 1. The number of ether oxygens (including phenoxy) is 2. The lowest BCUT2D eigenvalue weighted by molar-refractivity contribution is -0.137. The van der Waals surface area contributed by atoms with Crippen LogP contribution < -0.4 is 9.47 Å². The Balaban J connectivity index is 2.12. The topological polar surface area (TPSA) is 55.8 Å². The number of rotatable bonds is 4. The first kappa shape index (κ1) is 13.7. The highest BCUT2D eigenvalue weighted by molar-refractivity contribution is 9.10. The van der Waals surface area contributed by atoms with Gasteiger partial charge < -0.3 is 14.6 Å². The number of halogens is 1. The van der Waals surface area contributed by atoms with E-state index >= 15 is 0 Å². The third-order valence-electron chi connectivity index (χ3n) is 4.14. The van der Waals surface area contributed by atoms with Gasteiger partial charge in [0.15, 0.2) is 11.5 Å². The first-order valence-corrected chi connectivity index (χ1v) is 7.70. The number of hydrogen-bond donors (Lipinski definition) is 1. The fraction of sp³-hybridized carbons (Fsp3) is 0.533. The van der Waals surface area contributed by atoms with Gasteiger partial charge >= 0.3 is 5.97 Å². The third-order valence-corrected chi connectivity index (χ3v) is 4.73. The molecule has 0 amide bonds. The fourth-order valence-corrected chi connectivity index (χ4v) is 3.55. The molecule has 1 aliphatic heterocycles. The average molecular weight is 341 g/mol. The highest BCUT2D eigenvalue weighted by Gasteiger charge is 2.48. The van der Waals surface area contributed by atoms with Crippen molar-refractivity contribution in [3.63, 3.8) is 0 Å². The molecule has 20 heavy (non-hydrogen) atoms. The molecule has 1 fully saturated rings. The second-order valence-electron chi connectivity index (χ2n) is 5.44. The number of carboxylic acid groups (broad SMARTS) is 1. The highest BCUT2D eigenvalue weighted by atomic mass is 79.9. The van der Waals surface area contributed by atoms with Crippen LogP contribution in [0.5, 0.6) is 11.5 Å². The zero-order valence-electron chi connectivity index (χ0n) is 11.4. The molecule has 1 aliphatic carbocycles. The van der Waals surface area contributed by atoms with E-state index < -0.39 is 5.97 Å². The van der Waals surface area contributed by atoms with E-state index in [4.69, 9.17) is 14.6 Å². The lowest BCUT2D eigenvalue weighted by atomic mass is 9.86. The number of hydrogen-bond acceptors (Lipinski definition) is 3. The standard InChI is InChI=1S/C15H17BrO4/c1-2-9-10(15(3-4-15)8-12(17)18)7-11(16)14-13(9)19-5-6-20-14/h7H,2-6,8H2,1H3,(H,17,18). The molecule has 4 nitrogen and oxygen atoms in total. The van der Waals surface area contributed by atoms with Crippen molar-refractivity contribution in [1.29, 1.82) is 0 Å².